The molecular formula is C30H17F8N3O2. The van der Waals surface area contributed by atoms with E-state index in [0.717, 1.165) is 24.4 Å². The van der Waals surface area contributed by atoms with E-state index in [0.29, 0.717) is 15.8 Å². The summed E-state index contributed by atoms with van der Waals surface area (Å²) in [6, 6.07) is 18.5. The molecule has 0 aliphatic heterocycles. The average molecular weight is 603 g/mol. The number of carbonyl (C=O) groups excluding carboxylic acids is 1. The topological polar surface area (TPSA) is 57.0 Å². The van der Waals surface area contributed by atoms with Gasteiger partial charge in [-0.15, -0.1) is 0 Å². The molecule has 5 rings (SSSR count). The number of halogens is 8. The van der Waals surface area contributed by atoms with E-state index in [4.69, 9.17) is 4.74 Å². The van der Waals surface area contributed by atoms with Crippen molar-refractivity contribution >= 4 is 6.29 Å². The number of alkyl halides is 8. The summed E-state index contributed by atoms with van der Waals surface area (Å²) in [4.78, 5) is 15.2. The third-order valence-electron chi connectivity index (χ3n) is 6.31. The maximum atomic E-state index is 15.5. The van der Waals surface area contributed by atoms with Gasteiger partial charge in [0.1, 0.15) is 5.75 Å². The van der Waals surface area contributed by atoms with E-state index in [9.17, 15) is 31.1 Å². The van der Waals surface area contributed by atoms with Gasteiger partial charge in [-0.25, -0.2) is 9.67 Å². The largest absolute Gasteiger partial charge is 0.434 e. The van der Waals surface area contributed by atoms with Crippen molar-refractivity contribution in [2.45, 2.75) is 18.5 Å². The van der Waals surface area contributed by atoms with Crippen LogP contribution in [0.15, 0.2) is 97.2 Å². The monoisotopic (exact) mass is 603 g/mol. The van der Waals surface area contributed by atoms with E-state index in [1.165, 1.54) is 72.8 Å². The van der Waals surface area contributed by atoms with Crippen LogP contribution in [0.5, 0.6) is 5.75 Å². The van der Waals surface area contributed by atoms with Crippen molar-refractivity contribution in [3.05, 3.63) is 120 Å². The number of nitrogens with zero attached hydrogens (tertiary/aromatic N) is 3. The molecule has 5 nitrogen and oxygen atoms in total. The minimum absolute atomic E-state index is 0.000563. The second-order valence-corrected chi connectivity index (χ2v) is 9.12. The Labute approximate surface area is 238 Å². The minimum atomic E-state index is -4.95. The first-order valence-corrected chi connectivity index (χ1v) is 12.3. The molecule has 2 heterocycles. The normalized spacial score (nSPS) is 12.3. The van der Waals surface area contributed by atoms with Gasteiger partial charge in [0.05, 0.1) is 28.6 Å². The lowest BCUT2D eigenvalue weighted by Crippen LogP contribution is -2.23. The fourth-order valence-corrected chi connectivity index (χ4v) is 4.33. The SMILES string of the molecule is O=Cc1cnn(-c2cccc(-c3ccccc3C(F)(F)Oc3ccc(-c4ccc(C(F)(F)F)cc4)cc3)n2)c1C(F)(F)F. The summed E-state index contributed by atoms with van der Waals surface area (Å²) >= 11 is 0. The van der Waals surface area contributed by atoms with Crippen LogP contribution in [-0.4, -0.2) is 21.1 Å². The molecule has 0 aliphatic rings. The predicted octanol–water partition coefficient (Wildman–Crippen LogP) is 8.58. The Morgan fingerprint density at radius 3 is 1.93 bits per heavy atom. The number of carbonyl (C=O) groups is 1. The molecule has 0 N–H and O–H groups in total. The van der Waals surface area contributed by atoms with Crippen LogP contribution in [-0.2, 0) is 18.5 Å². The van der Waals surface area contributed by atoms with Gasteiger partial charge in [-0.1, -0.05) is 48.5 Å². The molecular weight excluding hydrogens is 586 g/mol. The molecule has 13 heteroatoms. The second-order valence-electron chi connectivity index (χ2n) is 9.12. The lowest BCUT2D eigenvalue weighted by Gasteiger charge is -2.21. The Balaban J connectivity index is 1.43. The molecule has 0 amide bonds. The van der Waals surface area contributed by atoms with Gasteiger partial charge in [0.2, 0.25) is 0 Å². The molecule has 0 atom stereocenters. The molecule has 0 saturated carbocycles. The van der Waals surface area contributed by atoms with Crippen LogP contribution in [0.4, 0.5) is 35.1 Å². The molecule has 0 unspecified atom stereocenters. The lowest BCUT2D eigenvalue weighted by molar-refractivity contribution is -0.185. The fourth-order valence-electron chi connectivity index (χ4n) is 4.33. The van der Waals surface area contributed by atoms with Crippen molar-refractivity contribution in [2.24, 2.45) is 0 Å². The quantitative estimate of drug-likeness (QED) is 0.138. The van der Waals surface area contributed by atoms with Gasteiger partial charge in [-0.3, -0.25) is 4.79 Å². The summed E-state index contributed by atoms with van der Waals surface area (Å²) < 4.78 is 116. The van der Waals surface area contributed by atoms with Crippen molar-refractivity contribution in [1.29, 1.82) is 0 Å². The number of aldehydes is 1. The van der Waals surface area contributed by atoms with Crippen LogP contribution in [0.25, 0.3) is 28.2 Å². The van der Waals surface area contributed by atoms with Crippen LogP contribution >= 0.6 is 0 Å². The molecule has 0 saturated heterocycles. The maximum absolute atomic E-state index is 15.5. The molecule has 3 aromatic carbocycles. The van der Waals surface area contributed by atoms with Crippen LogP contribution in [0.1, 0.15) is 27.2 Å². The third-order valence-corrected chi connectivity index (χ3v) is 6.31. The van der Waals surface area contributed by atoms with Crippen molar-refractivity contribution in [1.82, 2.24) is 14.8 Å². The molecule has 2 aromatic heterocycles. The molecule has 5 aromatic rings. The van der Waals surface area contributed by atoms with Gasteiger partial charge < -0.3 is 4.74 Å². The first kappa shape index (κ1) is 29.4. The molecule has 0 aliphatic carbocycles. The number of rotatable bonds is 7. The van der Waals surface area contributed by atoms with Crippen LogP contribution in [0.2, 0.25) is 0 Å². The highest BCUT2D eigenvalue weighted by atomic mass is 19.4. The van der Waals surface area contributed by atoms with E-state index >= 15 is 8.78 Å². The zero-order valence-electron chi connectivity index (χ0n) is 21.5. The van der Waals surface area contributed by atoms with Gasteiger partial charge in [0, 0.05) is 5.56 Å². The summed E-state index contributed by atoms with van der Waals surface area (Å²) in [5, 5.41) is 3.61. The van der Waals surface area contributed by atoms with Crippen LogP contribution in [0, 0.1) is 0 Å². The molecule has 0 fully saturated rings. The number of ether oxygens (including phenoxy) is 1. The average Bonchev–Trinajstić information content (AvgIpc) is 3.43. The summed E-state index contributed by atoms with van der Waals surface area (Å²) in [6.07, 6.45) is -12.7. The Hall–Kier alpha value is -5.07. The standard InChI is InChI=1S/C30H17F8N3O2/c31-28(32,33)21-12-8-18(9-13-21)19-10-14-22(15-11-19)43-30(37,38)24-5-2-1-4-23(24)25-6-3-7-26(40-25)41-27(29(34,35)36)20(17-42)16-39-41/h1-17H. The highest BCUT2D eigenvalue weighted by molar-refractivity contribution is 5.77. The summed E-state index contributed by atoms with van der Waals surface area (Å²) in [7, 11) is 0. The number of hydrogen-bond donors (Lipinski definition) is 0. The Morgan fingerprint density at radius 1 is 0.698 bits per heavy atom. The number of aromatic nitrogens is 3. The first-order chi connectivity index (χ1) is 20.3. The van der Waals surface area contributed by atoms with Crippen LogP contribution < -0.4 is 4.74 Å². The van der Waals surface area contributed by atoms with E-state index < -0.39 is 40.8 Å². The third kappa shape index (κ3) is 6.10. The highest BCUT2D eigenvalue weighted by Gasteiger charge is 2.40. The summed E-state index contributed by atoms with van der Waals surface area (Å²) in [5.41, 5.74) is -2.94. The van der Waals surface area contributed by atoms with E-state index in [1.807, 2.05) is 0 Å². The molecule has 0 radical (unpaired) electrons. The molecule has 43 heavy (non-hydrogen) atoms. The van der Waals surface area contributed by atoms with Gasteiger partial charge in [0.25, 0.3) is 0 Å². The lowest BCUT2D eigenvalue weighted by atomic mass is 10.0. The van der Waals surface area contributed by atoms with Crippen molar-refractivity contribution in [2.75, 3.05) is 0 Å². The van der Waals surface area contributed by atoms with Gasteiger partial charge in [0.15, 0.2) is 17.8 Å². The van der Waals surface area contributed by atoms with Crippen LogP contribution in [0.3, 0.4) is 0 Å². The number of pyridine rings is 1. The zero-order valence-corrected chi connectivity index (χ0v) is 21.5. The Kier molecular flexibility index (Phi) is 7.51. The predicted molar refractivity (Wildman–Crippen MR) is 139 cm³/mol. The summed E-state index contributed by atoms with van der Waals surface area (Å²) in [5.74, 6) is -0.624. The van der Waals surface area contributed by atoms with E-state index in [2.05, 4.69) is 10.1 Å². The second kappa shape index (κ2) is 11.0. The van der Waals surface area contributed by atoms with Crippen molar-refractivity contribution in [3.8, 4) is 34.0 Å². The first-order valence-electron chi connectivity index (χ1n) is 12.3. The van der Waals surface area contributed by atoms with E-state index in [1.54, 1.807) is 0 Å². The van der Waals surface area contributed by atoms with Crippen molar-refractivity contribution in [3.63, 3.8) is 0 Å². The summed E-state index contributed by atoms with van der Waals surface area (Å²) in [6.45, 7) is 0. The highest BCUT2D eigenvalue weighted by Crippen LogP contribution is 2.39. The van der Waals surface area contributed by atoms with Gasteiger partial charge >= 0.3 is 18.5 Å². The fraction of sp³-hybridized carbons (Fsp3) is 0.100. The molecule has 0 bridgehead atoms. The maximum Gasteiger partial charge on any atom is 0.434 e. The smallest absolute Gasteiger partial charge is 0.429 e. The minimum Gasteiger partial charge on any atom is -0.429 e. The number of hydrogen-bond acceptors (Lipinski definition) is 4. The molecule has 0 spiro atoms. The van der Waals surface area contributed by atoms with E-state index in [-0.39, 0.29) is 29.1 Å². The number of benzene rings is 3. The Bertz CT molecular complexity index is 1760. The molecule has 220 valence electrons. The zero-order chi connectivity index (χ0) is 31.0. The van der Waals surface area contributed by atoms with Crippen molar-refractivity contribution < 1.29 is 44.7 Å². The van der Waals surface area contributed by atoms with Gasteiger partial charge in [-0.2, -0.15) is 40.2 Å². The van der Waals surface area contributed by atoms with Gasteiger partial charge in [-0.05, 0) is 53.6 Å². The Morgan fingerprint density at radius 2 is 1.33 bits per heavy atom.